The molecule has 0 bridgehead atoms. The van der Waals surface area contributed by atoms with Crippen molar-refractivity contribution >= 4 is 33.5 Å². The van der Waals surface area contributed by atoms with Crippen LogP contribution in [-0.2, 0) is 4.79 Å². The smallest absolute Gasteiger partial charge is 0.291 e. The molecule has 2 aromatic carbocycles. The Morgan fingerprint density at radius 3 is 2.50 bits per heavy atom. The molecule has 0 spiro atoms. The maximum absolute atomic E-state index is 13.2. The van der Waals surface area contributed by atoms with Crippen LogP contribution < -0.4 is 19.7 Å². The van der Waals surface area contributed by atoms with Crippen LogP contribution in [0.2, 0.25) is 0 Å². The number of carbonyl (C=O) groups excluding carboxylic acids is 1. The summed E-state index contributed by atoms with van der Waals surface area (Å²) < 4.78 is 7.29. The molecule has 7 nitrogen and oxygen atoms in total. The summed E-state index contributed by atoms with van der Waals surface area (Å²) in [6.45, 7) is 5.36. The Balaban J connectivity index is 1.59. The van der Waals surface area contributed by atoms with Crippen LogP contribution in [0.5, 0.6) is 5.75 Å². The van der Waals surface area contributed by atoms with E-state index in [-0.39, 0.29) is 11.5 Å². The van der Waals surface area contributed by atoms with Crippen molar-refractivity contribution < 1.29 is 9.53 Å². The van der Waals surface area contributed by atoms with Gasteiger partial charge in [-0.3, -0.25) is 9.59 Å². The predicted octanol–water partition coefficient (Wildman–Crippen LogP) is 3.28. The van der Waals surface area contributed by atoms with Gasteiger partial charge in [0.1, 0.15) is 10.3 Å². The lowest BCUT2D eigenvalue weighted by Crippen LogP contribution is -2.32. The maximum atomic E-state index is 13.2. The second-order valence-corrected chi connectivity index (χ2v) is 8.57. The summed E-state index contributed by atoms with van der Waals surface area (Å²) in [5, 5.41) is 4.43. The van der Waals surface area contributed by atoms with E-state index < -0.39 is 0 Å². The fourth-order valence-electron chi connectivity index (χ4n) is 3.87. The summed E-state index contributed by atoms with van der Waals surface area (Å²) in [6, 6.07) is 15.1. The number of hydrogen-bond donors (Lipinski definition) is 0. The number of nitrogens with zero attached hydrogens (tertiary/aromatic N) is 4. The molecule has 2 aromatic heterocycles. The Morgan fingerprint density at radius 2 is 1.78 bits per heavy atom. The number of carbonyl (C=O) groups is 1. The summed E-state index contributed by atoms with van der Waals surface area (Å²) in [5.74, 6) is 1.12. The lowest BCUT2D eigenvalue weighted by Gasteiger charge is -2.15. The number of anilines is 1. The number of ether oxygens (including phenoxy) is 1. The largest absolute Gasteiger partial charge is 0.494 e. The standard InChI is InChI=1S/C24H22N4O3S/c1-3-13-27-18-8-6-5-7-17(18)19(22(27)29)20-23(30)28-24(32-20)25-21(26-28)15-9-11-16(12-10-15)31-14-4-2/h5-12H,3-4,13-14H2,1-2H3. The molecule has 0 saturated carbocycles. The molecule has 0 unspecified atom stereocenters. The lowest BCUT2D eigenvalue weighted by molar-refractivity contribution is -0.113. The fraction of sp³-hybridized carbons (Fsp3) is 0.250. The zero-order valence-electron chi connectivity index (χ0n) is 17.9. The normalized spacial score (nSPS) is 14.9. The third-order valence-electron chi connectivity index (χ3n) is 5.34. The number of thiazole rings is 1. The second kappa shape index (κ2) is 8.20. The van der Waals surface area contributed by atoms with E-state index in [9.17, 15) is 9.59 Å². The van der Waals surface area contributed by atoms with Gasteiger partial charge < -0.3 is 9.64 Å². The first-order valence-corrected chi connectivity index (χ1v) is 11.5. The van der Waals surface area contributed by atoms with Crippen molar-refractivity contribution in [2.45, 2.75) is 26.7 Å². The molecule has 0 N–H and O–H groups in total. The van der Waals surface area contributed by atoms with E-state index in [0.29, 0.717) is 34.0 Å². The summed E-state index contributed by atoms with van der Waals surface area (Å²) in [4.78, 5) is 33.2. The van der Waals surface area contributed by atoms with E-state index >= 15 is 0 Å². The van der Waals surface area contributed by atoms with Gasteiger partial charge in [-0.15, -0.1) is 5.10 Å². The highest BCUT2D eigenvalue weighted by Crippen LogP contribution is 2.35. The molecule has 0 atom stereocenters. The molecule has 1 amide bonds. The van der Waals surface area contributed by atoms with Gasteiger partial charge in [-0.25, -0.2) is 0 Å². The van der Waals surface area contributed by atoms with Gasteiger partial charge in [0.05, 0.1) is 17.9 Å². The predicted molar refractivity (Wildman–Crippen MR) is 125 cm³/mol. The zero-order chi connectivity index (χ0) is 22.2. The molecule has 0 fully saturated rings. The van der Waals surface area contributed by atoms with Gasteiger partial charge in [-0.05, 0) is 43.2 Å². The van der Waals surface area contributed by atoms with E-state index in [2.05, 4.69) is 17.0 Å². The maximum Gasteiger partial charge on any atom is 0.291 e. The SMILES string of the molecule is CCCOc1ccc(-c2nc3sc(=C4C(=O)N(CCC)c5ccccc54)c(=O)n3n2)cc1. The molecule has 4 aromatic rings. The zero-order valence-corrected chi connectivity index (χ0v) is 18.7. The van der Waals surface area contributed by atoms with Crippen molar-refractivity contribution in [3.05, 3.63) is 69.0 Å². The van der Waals surface area contributed by atoms with Crippen LogP contribution >= 0.6 is 11.3 Å². The van der Waals surface area contributed by atoms with Gasteiger partial charge in [0, 0.05) is 17.7 Å². The van der Waals surface area contributed by atoms with Gasteiger partial charge in [0.25, 0.3) is 11.5 Å². The van der Waals surface area contributed by atoms with Crippen LogP contribution in [0.1, 0.15) is 32.3 Å². The Morgan fingerprint density at radius 1 is 1.00 bits per heavy atom. The number of fused-ring (bicyclic) bond motifs is 2. The van der Waals surface area contributed by atoms with E-state index in [1.54, 1.807) is 4.90 Å². The van der Waals surface area contributed by atoms with Gasteiger partial charge in [0.15, 0.2) is 5.82 Å². The second-order valence-electron chi connectivity index (χ2n) is 7.59. The van der Waals surface area contributed by atoms with E-state index in [1.807, 2.05) is 55.5 Å². The molecule has 0 radical (unpaired) electrons. The third-order valence-corrected chi connectivity index (χ3v) is 6.37. The molecule has 1 aliphatic rings. The first-order valence-electron chi connectivity index (χ1n) is 10.7. The first-order chi connectivity index (χ1) is 15.6. The number of amides is 1. The molecular formula is C24H22N4O3S. The van der Waals surface area contributed by atoms with Crippen molar-refractivity contribution in [2.24, 2.45) is 0 Å². The van der Waals surface area contributed by atoms with Crippen LogP contribution in [0.25, 0.3) is 21.9 Å². The van der Waals surface area contributed by atoms with Gasteiger partial charge >= 0.3 is 0 Å². The third kappa shape index (κ3) is 3.27. The van der Waals surface area contributed by atoms with E-state index in [4.69, 9.17) is 4.74 Å². The van der Waals surface area contributed by atoms with Crippen LogP contribution in [-0.4, -0.2) is 33.7 Å². The molecule has 0 saturated heterocycles. The van der Waals surface area contributed by atoms with Crippen molar-refractivity contribution in [3.63, 3.8) is 0 Å². The number of rotatable bonds is 6. The molecule has 3 heterocycles. The van der Waals surface area contributed by atoms with Crippen molar-refractivity contribution in [1.29, 1.82) is 0 Å². The van der Waals surface area contributed by atoms with Crippen LogP contribution in [0.4, 0.5) is 5.69 Å². The minimum atomic E-state index is -0.317. The first kappa shape index (κ1) is 20.4. The number of hydrogen-bond acceptors (Lipinski definition) is 6. The lowest BCUT2D eigenvalue weighted by atomic mass is 10.1. The highest BCUT2D eigenvalue weighted by Gasteiger charge is 2.33. The van der Waals surface area contributed by atoms with E-state index in [1.165, 1.54) is 15.9 Å². The molecule has 0 aliphatic carbocycles. The minimum absolute atomic E-state index is 0.141. The quantitative estimate of drug-likeness (QED) is 0.454. The highest BCUT2D eigenvalue weighted by atomic mass is 32.1. The molecule has 32 heavy (non-hydrogen) atoms. The van der Waals surface area contributed by atoms with E-state index in [0.717, 1.165) is 35.4 Å². The van der Waals surface area contributed by atoms with Gasteiger partial charge in [-0.1, -0.05) is 43.4 Å². The molecule has 162 valence electrons. The van der Waals surface area contributed by atoms with Crippen LogP contribution in [0.15, 0.2) is 53.3 Å². The van der Waals surface area contributed by atoms with Crippen molar-refractivity contribution in [2.75, 3.05) is 18.1 Å². The average Bonchev–Trinajstić information content (AvgIpc) is 3.44. The topological polar surface area (TPSA) is 76.8 Å². The summed E-state index contributed by atoms with van der Waals surface area (Å²) in [5.41, 5.74) is 2.56. The highest BCUT2D eigenvalue weighted by molar-refractivity contribution is 7.15. The fourth-order valence-corrected chi connectivity index (χ4v) is 4.87. The number of benzene rings is 2. The summed E-state index contributed by atoms with van der Waals surface area (Å²) >= 11 is 1.21. The molecule has 8 heteroatoms. The Labute approximate surface area is 188 Å². The van der Waals surface area contributed by atoms with Crippen molar-refractivity contribution in [1.82, 2.24) is 14.6 Å². The Kier molecular flexibility index (Phi) is 5.22. The van der Waals surface area contributed by atoms with Crippen LogP contribution in [0, 0.1) is 0 Å². The number of aromatic nitrogens is 3. The monoisotopic (exact) mass is 446 g/mol. The summed E-state index contributed by atoms with van der Waals surface area (Å²) in [6.07, 6.45) is 1.77. The molecule has 5 rings (SSSR count). The minimum Gasteiger partial charge on any atom is -0.494 e. The summed E-state index contributed by atoms with van der Waals surface area (Å²) in [7, 11) is 0. The molecule has 1 aliphatic heterocycles. The molecular weight excluding hydrogens is 424 g/mol. The number of para-hydroxylation sites is 1. The Hall–Kier alpha value is -3.52. The van der Waals surface area contributed by atoms with Gasteiger partial charge in [-0.2, -0.15) is 9.50 Å². The Bertz CT molecular complexity index is 1420. The van der Waals surface area contributed by atoms with Gasteiger partial charge in [0.2, 0.25) is 4.96 Å². The average molecular weight is 447 g/mol. The van der Waals surface area contributed by atoms with Crippen LogP contribution in [0.3, 0.4) is 0 Å². The van der Waals surface area contributed by atoms with Crippen molar-refractivity contribution in [3.8, 4) is 17.1 Å².